The molecule has 0 spiro atoms. The lowest BCUT2D eigenvalue weighted by molar-refractivity contribution is 0.177. The number of aliphatic hydroxyl groups is 1. The van der Waals surface area contributed by atoms with Crippen LogP contribution in [-0.4, -0.2) is 24.3 Å². The summed E-state index contributed by atoms with van der Waals surface area (Å²) in [5.74, 6) is 1.27. The Labute approximate surface area is 116 Å². The van der Waals surface area contributed by atoms with Crippen molar-refractivity contribution in [3.63, 3.8) is 0 Å². The second-order valence-electron chi connectivity index (χ2n) is 4.19. The number of ether oxygens (including phenoxy) is 2. The van der Waals surface area contributed by atoms with Crippen LogP contribution in [0.5, 0.6) is 11.5 Å². The lowest BCUT2D eigenvalue weighted by Gasteiger charge is -2.13. The third kappa shape index (κ3) is 3.24. The van der Waals surface area contributed by atoms with E-state index in [1.54, 1.807) is 37.7 Å². The molecule has 0 bridgehead atoms. The van der Waals surface area contributed by atoms with Gasteiger partial charge < -0.3 is 14.6 Å². The Balaban J connectivity index is 2.16. The van der Waals surface area contributed by atoms with Crippen molar-refractivity contribution in [3.05, 3.63) is 39.8 Å². The summed E-state index contributed by atoms with van der Waals surface area (Å²) in [6.45, 7) is 1.96. The van der Waals surface area contributed by atoms with E-state index in [1.807, 2.05) is 18.4 Å². The molecule has 5 heteroatoms. The van der Waals surface area contributed by atoms with Crippen molar-refractivity contribution in [2.45, 2.75) is 19.4 Å². The fourth-order valence-corrected chi connectivity index (χ4v) is 2.50. The highest BCUT2D eigenvalue weighted by Gasteiger charge is 2.13. The van der Waals surface area contributed by atoms with Crippen LogP contribution in [0.4, 0.5) is 0 Å². The average molecular weight is 279 g/mol. The molecule has 0 fully saturated rings. The monoisotopic (exact) mass is 279 g/mol. The van der Waals surface area contributed by atoms with Crippen molar-refractivity contribution in [1.29, 1.82) is 0 Å². The predicted octanol–water partition coefficient (Wildman–Crippen LogP) is 2.74. The van der Waals surface area contributed by atoms with E-state index in [2.05, 4.69) is 4.98 Å². The van der Waals surface area contributed by atoms with Gasteiger partial charge >= 0.3 is 0 Å². The zero-order chi connectivity index (χ0) is 13.8. The van der Waals surface area contributed by atoms with Gasteiger partial charge in [-0.3, -0.25) is 0 Å². The van der Waals surface area contributed by atoms with Gasteiger partial charge in [0, 0.05) is 11.8 Å². The molecule has 1 heterocycles. The van der Waals surface area contributed by atoms with Crippen LogP contribution >= 0.6 is 11.3 Å². The van der Waals surface area contributed by atoms with Crippen LogP contribution in [0, 0.1) is 6.92 Å². The summed E-state index contributed by atoms with van der Waals surface area (Å²) in [7, 11) is 3.17. The first-order chi connectivity index (χ1) is 9.13. The van der Waals surface area contributed by atoms with Gasteiger partial charge in [0.2, 0.25) is 0 Å². The topological polar surface area (TPSA) is 51.6 Å². The molecular weight excluding hydrogens is 262 g/mol. The minimum absolute atomic E-state index is 0.500. The highest BCUT2D eigenvalue weighted by Crippen LogP contribution is 2.31. The van der Waals surface area contributed by atoms with Crippen LogP contribution in [0.3, 0.4) is 0 Å². The second kappa shape index (κ2) is 6.04. The molecule has 2 aromatic rings. The molecule has 2 rings (SSSR count). The van der Waals surface area contributed by atoms with Gasteiger partial charge in [-0.2, -0.15) is 0 Å². The normalized spacial score (nSPS) is 12.2. The molecule has 0 saturated heterocycles. The molecule has 4 nitrogen and oxygen atoms in total. The molecule has 0 amide bonds. The Morgan fingerprint density at radius 2 is 2.00 bits per heavy atom. The largest absolute Gasteiger partial charge is 0.493 e. The standard InChI is InChI=1S/C14H17NO3S/c1-9-15-11(8-19-9)7-12(16)10-4-5-13(17-2)14(6-10)18-3/h4-6,8,12,16H,7H2,1-3H3. The zero-order valence-corrected chi connectivity index (χ0v) is 12.0. The van der Waals surface area contributed by atoms with Gasteiger partial charge in [-0.05, 0) is 24.6 Å². The average Bonchev–Trinajstić information content (AvgIpc) is 2.83. The van der Waals surface area contributed by atoms with Crippen LogP contribution in [0.2, 0.25) is 0 Å². The van der Waals surface area contributed by atoms with Gasteiger partial charge in [-0.25, -0.2) is 4.98 Å². The predicted molar refractivity (Wildman–Crippen MR) is 75.1 cm³/mol. The van der Waals surface area contributed by atoms with E-state index in [0.717, 1.165) is 16.3 Å². The molecule has 0 aliphatic heterocycles. The molecule has 0 saturated carbocycles. The van der Waals surface area contributed by atoms with Crippen molar-refractivity contribution in [2.24, 2.45) is 0 Å². The second-order valence-corrected chi connectivity index (χ2v) is 5.25. The molecule has 0 aliphatic carbocycles. The molecule has 1 N–H and O–H groups in total. The van der Waals surface area contributed by atoms with Crippen LogP contribution in [0.1, 0.15) is 22.4 Å². The molecule has 19 heavy (non-hydrogen) atoms. The Hall–Kier alpha value is -1.59. The molecule has 1 aromatic carbocycles. The van der Waals surface area contributed by atoms with Crippen LogP contribution in [0.15, 0.2) is 23.6 Å². The number of aliphatic hydroxyl groups excluding tert-OH is 1. The highest BCUT2D eigenvalue weighted by molar-refractivity contribution is 7.09. The van der Waals surface area contributed by atoms with Crippen molar-refractivity contribution >= 4 is 11.3 Å². The molecular formula is C14H17NO3S. The Bertz CT molecular complexity index is 553. The number of aromatic nitrogens is 1. The third-order valence-electron chi connectivity index (χ3n) is 2.86. The van der Waals surface area contributed by atoms with Gasteiger partial charge in [0.1, 0.15) is 0 Å². The third-order valence-corrected chi connectivity index (χ3v) is 3.68. The van der Waals surface area contributed by atoms with Crippen molar-refractivity contribution in [1.82, 2.24) is 4.98 Å². The van der Waals surface area contributed by atoms with E-state index in [4.69, 9.17) is 9.47 Å². The van der Waals surface area contributed by atoms with Gasteiger partial charge in [0.05, 0.1) is 31.0 Å². The first-order valence-corrected chi connectivity index (χ1v) is 6.83. The summed E-state index contributed by atoms with van der Waals surface area (Å²) in [5.41, 5.74) is 1.70. The van der Waals surface area contributed by atoms with Crippen molar-refractivity contribution < 1.29 is 14.6 Å². The summed E-state index contributed by atoms with van der Waals surface area (Å²) < 4.78 is 10.4. The van der Waals surface area contributed by atoms with Gasteiger partial charge in [0.25, 0.3) is 0 Å². The smallest absolute Gasteiger partial charge is 0.161 e. The number of thiazole rings is 1. The zero-order valence-electron chi connectivity index (χ0n) is 11.2. The lowest BCUT2D eigenvalue weighted by Crippen LogP contribution is -2.03. The molecule has 0 aliphatic rings. The van der Waals surface area contributed by atoms with E-state index in [0.29, 0.717) is 17.9 Å². The summed E-state index contributed by atoms with van der Waals surface area (Å²) in [6, 6.07) is 5.43. The number of rotatable bonds is 5. The number of methoxy groups -OCH3 is 2. The van der Waals surface area contributed by atoms with E-state index in [9.17, 15) is 5.11 Å². The molecule has 1 unspecified atom stereocenters. The highest BCUT2D eigenvalue weighted by atomic mass is 32.1. The maximum atomic E-state index is 10.2. The molecule has 0 radical (unpaired) electrons. The fourth-order valence-electron chi connectivity index (χ4n) is 1.88. The summed E-state index contributed by atoms with van der Waals surface area (Å²) >= 11 is 1.59. The van der Waals surface area contributed by atoms with Crippen LogP contribution in [0.25, 0.3) is 0 Å². The number of nitrogens with zero attached hydrogens (tertiary/aromatic N) is 1. The lowest BCUT2D eigenvalue weighted by atomic mass is 10.0. The number of hydrogen-bond donors (Lipinski definition) is 1. The van der Waals surface area contributed by atoms with E-state index >= 15 is 0 Å². The quantitative estimate of drug-likeness (QED) is 0.914. The Morgan fingerprint density at radius 1 is 1.26 bits per heavy atom. The summed E-state index contributed by atoms with van der Waals surface area (Å²) in [4.78, 5) is 4.36. The molecule has 102 valence electrons. The van der Waals surface area contributed by atoms with Crippen LogP contribution < -0.4 is 9.47 Å². The van der Waals surface area contributed by atoms with Crippen molar-refractivity contribution in [3.8, 4) is 11.5 Å². The van der Waals surface area contributed by atoms with Crippen LogP contribution in [-0.2, 0) is 6.42 Å². The van der Waals surface area contributed by atoms with Gasteiger partial charge in [0.15, 0.2) is 11.5 Å². The number of aryl methyl sites for hydroxylation is 1. The number of hydrogen-bond acceptors (Lipinski definition) is 5. The van der Waals surface area contributed by atoms with Crippen molar-refractivity contribution in [2.75, 3.05) is 14.2 Å². The maximum Gasteiger partial charge on any atom is 0.161 e. The Kier molecular flexibility index (Phi) is 4.39. The maximum absolute atomic E-state index is 10.2. The van der Waals surface area contributed by atoms with Gasteiger partial charge in [-0.1, -0.05) is 6.07 Å². The Morgan fingerprint density at radius 3 is 2.58 bits per heavy atom. The van der Waals surface area contributed by atoms with E-state index < -0.39 is 6.10 Å². The molecule has 1 aromatic heterocycles. The SMILES string of the molecule is COc1ccc(C(O)Cc2csc(C)n2)cc1OC. The van der Waals surface area contributed by atoms with E-state index in [1.165, 1.54) is 0 Å². The van der Waals surface area contributed by atoms with Gasteiger partial charge in [-0.15, -0.1) is 11.3 Å². The molecule has 1 atom stereocenters. The van der Waals surface area contributed by atoms with E-state index in [-0.39, 0.29) is 0 Å². The number of benzene rings is 1. The minimum Gasteiger partial charge on any atom is -0.493 e. The summed E-state index contributed by atoms with van der Waals surface area (Å²) in [5, 5.41) is 13.2. The first-order valence-electron chi connectivity index (χ1n) is 5.95. The summed E-state index contributed by atoms with van der Waals surface area (Å²) in [6.07, 6.45) is -0.0962. The fraction of sp³-hybridized carbons (Fsp3) is 0.357. The minimum atomic E-state index is -0.596. The first kappa shape index (κ1) is 13.8.